The molecule has 0 amide bonds. The first kappa shape index (κ1) is 21.5. The van der Waals surface area contributed by atoms with Gasteiger partial charge in [-0.3, -0.25) is 0 Å². The fraction of sp³-hybridized carbons (Fsp3) is 1.00. The van der Waals surface area contributed by atoms with E-state index in [1.807, 2.05) is 0 Å². The molecule has 0 rings (SSSR count). The minimum Gasteiger partial charge on any atom is -0.328 e. The topological polar surface area (TPSA) is 0 Å². The Morgan fingerprint density at radius 1 is 0.355 bits per heavy atom. The van der Waals surface area contributed by atoms with E-state index in [0.29, 0.717) is 12.8 Å². The third-order valence-electron chi connectivity index (χ3n) is 6.79. The van der Waals surface area contributed by atoms with Crippen LogP contribution in [-0.4, -0.2) is 31.5 Å². The average molecular weight is 445 g/mol. The Bertz CT molecular complexity index is 445. The molecule has 0 aliphatic carbocycles. The van der Waals surface area contributed by atoms with Crippen LogP contribution in [0.15, 0.2) is 0 Å². The number of hydrogen-bond acceptors (Lipinski definition) is 0. The van der Waals surface area contributed by atoms with Gasteiger partial charge < -0.3 is 4.48 Å². The minimum absolute atomic E-state index is 0.239. The maximum atomic E-state index is 8.14. The summed E-state index contributed by atoms with van der Waals surface area (Å²) < 4.78 is 48.2. The van der Waals surface area contributed by atoms with Crippen LogP contribution >= 0.6 is 0 Å². The van der Waals surface area contributed by atoms with Crippen molar-refractivity contribution in [3.63, 3.8) is 0 Å². The van der Waals surface area contributed by atoms with Crippen LogP contribution in [0, 0.1) is 0 Å². The molecule has 0 fully saturated rings. The Labute approximate surface area is 208 Å². The molecule has 188 valence electrons. The molecule has 0 radical (unpaired) electrons. The number of nitrogens with zero attached hydrogens (tertiary/aromatic N) is 1. The predicted octanol–water partition coefficient (Wildman–Crippen LogP) is 10.5. The molecule has 0 spiro atoms. The van der Waals surface area contributed by atoms with Crippen LogP contribution in [0.2, 0.25) is 0 Å². The van der Waals surface area contributed by atoms with E-state index in [9.17, 15) is 0 Å². The summed E-state index contributed by atoms with van der Waals surface area (Å²) in [5.74, 6) is 0. The van der Waals surface area contributed by atoms with Gasteiger partial charge in [-0.2, -0.15) is 0 Å². The largest absolute Gasteiger partial charge is 0.328 e. The first-order valence-electron chi connectivity index (χ1n) is 17.5. The summed E-state index contributed by atoms with van der Waals surface area (Å²) in [6, 6.07) is 0. The SMILES string of the molecule is [2H]C([2H])([2H])[N+](CCCCCCCCCCCCCC)(CCCCCCCCCCCCCC)C([2H])([2H])[2H]. The van der Waals surface area contributed by atoms with Crippen LogP contribution < -0.4 is 0 Å². The second-order valence-corrected chi connectivity index (χ2v) is 10.2. The molecule has 0 aliphatic rings. The van der Waals surface area contributed by atoms with Crippen LogP contribution in [0.25, 0.3) is 0 Å². The van der Waals surface area contributed by atoms with E-state index >= 15 is 0 Å². The van der Waals surface area contributed by atoms with Crippen molar-refractivity contribution in [1.82, 2.24) is 0 Å². The van der Waals surface area contributed by atoms with E-state index in [1.165, 1.54) is 116 Å². The standard InChI is InChI=1S/C30H64N/c1-5-7-9-11-13-15-17-19-21-23-25-27-29-31(3,4)30-28-26-24-22-20-18-16-14-12-10-8-6-2/h5-30H2,1-4H3/q+1/i3D3,4D3. The summed E-state index contributed by atoms with van der Waals surface area (Å²) in [6.45, 7) is -0.0243. The monoisotopic (exact) mass is 445 g/mol. The third-order valence-corrected chi connectivity index (χ3v) is 6.79. The lowest BCUT2D eigenvalue weighted by atomic mass is 10.0. The van der Waals surface area contributed by atoms with Crippen molar-refractivity contribution in [2.45, 2.75) is 168 Å². The lowest BCUT2D eigenvalue weighted by molar-refractivity contribution is -0.890. The van der Waals surface area contributed by atoms with Gasteiger partial charge in [-0.15, -0.1) is 0 Å². The predicted molar refractivity (Wildman–Crippen MR) is 144 cm³/mol. The molecular formula is C30H64N+. The van der Waals surface area contributed by atoms with Gasteiger partial charge in [0, 0.05) is 0 Å². The third kappa shape index (κ3) is 26.1. The van der Waals surface area contributed by atoms with E-state index in [-0.39, 0.29) is 13.1 Å². The summed E-state index contributed by atoms with van der Waals surface area (Å²) in [5, 5.41) is 0. The van der Waals surface area contributed by atoms with Crippen molar-refractivity contribution in [3.05, 3.63) is 0 Å². The smallest absolute Gasteiger partial charge is 0.0886 e. The molecule has 0 aromatic carbocycles. The normalized spacial score (nSPS) is 15.7. The molecule has 0 saturated heterocycles. The van der Waals surface area contributed by atoms with E-state index in [2.05, 4.69) is 13.8 Å². The van der Waals surface area contributed by atoms with Crippen molar-refractivity contribution in [2.24, 2.45) is 0 Å². The van der Waals surface area contributed by atoms with E-state index in [4.69, 9.17) is 8.22 Å². The van der Waals surface area contributed by atoms with Gasteiger partial charge in [0.1, 0.15) is 0 Å². The van der Waals surface area contributed by atoms with Gasteiger partial charge >= 0.3 is 0 Å². The summed E-state index contributed by atoms with van der Waals surface area (Å²) in [4.78, 5) is 0. The summed E-state index contributed by atoms with van der Waals surface area (Å²) in [7, 11) is 0. The quantitative estimate of drug-likeness (QED) is 0.0918. The highest BCUT2D eigenvalue weighted by molar-refractivity contribution is 4.50. The summed E-state index contributed by atoms with van der Waals surface area (Å²) >= 11 is 0. The van der Waals surface area contributed by atoms with Gasteiger partial charge in [0.25, 0.3) is 0 Å². The highest BCUT2D eigenvalue weighted by Crippen LogP contribution is 2.15. The lowest BCUT2D eigenvalue weighted by Gasteiger charge is -2.30. The van der Waals surface area contributed by atoms with Crippen LogP contribution in [0.3, 0.4) is 0 Å². The first-order valence-corrected chi connectivity index (χ1v) is 14.5. The zero-order valence-electron chi connectivity index (χ0n) is 27.8. The molecule has 0 atom stereocenters. The molecule has 0 heterocycles. The van der Waals surface area contributed by atoms with Crippen LogP contribution in [-0.2, 0) is 0 Å². The molecule has 0 aliphatic heterocycles. The molecule has 0 saturated carbocycles. The second kappa shape index (κ2) is 24.6. The van der Waals surface area contributed by atoms with Crippen molar-refractivity contribution < 1.29 is 12.7 Å². The average Bonchev–Trinajstić information content (AvgIpc) is 2.82. The van der Waals surface area contributed by atoms with E-state index in [1.54, 1.807) is 0 Å². The van der Waals surface area contributed by atoms with Gasteiger partial charge in [-0.1, -0.05) is 142 Å². The maximum absolute atomic E-state index is 8.14. The number of quaternary nitrogens is 1. The van der Waals surface area contributed by atoms with E-state index in [0.717, 1.165) is 25.7 Å². The zero-order chi connectivity index (χ0) is 27.9. The number of rotatable bonds is 26. The Morgan fingerprint density at radius 2 is 0.581 bits per heavy atom. The van der Waals surface area contributed by atoms with Crippen molar-refractivity contribution >= 4 is 0 Å². The Balaban J connectivity index is 4.22. The van der Waals surface area contributed by atoms with Gasteiger partial charge in [0.05, 0.1) is 35.3 Å². The highest BCUT2D eigenvalue weighted by Gasteiger charge is 2.13. The van der Waals surface area contributed by atoms with Crippen molar-refractivity contribution in [2.75, 3.05) is 27.0 Å². The Morgan fingerprint density at radius 3 is 0.806 bits per heavy atom. The Hall–Kier alpha value is -0.0400. The molecule has 0 unspecified atom stereocenters. The van der Waals surface area contributed by atoms with Crippen LogP contribution in [0.5, 0.6) is 0 Å². The maximum Gasteiger partial charge on any atom is 0.0886 e. The summed E-state index contributed by atoms with van der Waals surface area (Å²) in [5.41, 5.74) is 0. The minimum atomic E-state index is -2.50. The van der Waals surface area contributed by atoms with Crippen LogP contribution in [0.1, 0.15) is 176 Å². The second-order valence-electron chi connectivity index (χ2n) is 10.2. The van der Waals surface area contributed by atoms with Crippen molar-refractivity contribution in [1.29, 1.82) is 0 Å². The molecule has 0 aromatic heterocycles. The molecule has 1 nitrogen and oxygen atoms in total. The molecule has 0 aromatic rings. The van der Waals surface area contributed by atoms with Gasteiger partial charge in [-0.05, 0) is 25.7 Å². The molecule has 0 bridgehead atoms. The number of unbranched alkanes of at least 4 members (excludes halogenated alkanes) is 22. The first-order chi connectivity index (χ1) is 17.6. The van der Waals surface area contributed by atoms with Gasteiger partial charge in [0.2, 0.25) is 0 Å². The molecule has 0 N–H and O–H groups in total. The zero-order valence-corrected chi connectivity index (χ0v) is 21.8. The van der Waals surface area contributed by atoms with E-state index < -0.39 is 18.4 Å². The molecule has 1 heteroatoms. The van der Waals surface area contributed by atoms with Crippen molar-refractivity contribution in [3.8, 4) is 0 Å². The lowest BCUT2D eigenvalue weighted by Crippen LogP contribution is -2.41. The van der Waals surface area contributed by atoms with Crippen LogP contribution in [0.4, 0.5) is 0 Å². The summed E-state index contributed by atoms with van der Waals surface area (Å²) in [6.07, 6.45) is 28.9. The fourth-order valence-electron chi connectivity index (χ4n) is 4.56. The van der Waals surface area contributed by atoms with Gasteiger partial charge in [0.15, 0.2) is 0 Å². The molecule has 31 heavy (non-hydrogen) atoms. The number of hydrogen-bond donors (Lipinski definition) is 0. The fourth-order valence-corrected chi connectivity index (χ4v) is 4.56. The Kier molecular flexibility index (Phi) is 17.1. The highest BCUT2D eigenvalue weighted by atomic mass is 15.3. The molecular weight excluding hydrogens is 374 g/mol. The van der Waals surface area contributed by atoms with Gasteiger partial charge in [-0.25, -0.2) is 0 Å².